The molecule has 1 aromatic carbocycles. The highest BCUT2D eigenvalue weighted by Crippen LogP contribution is 2.23. The van der Waals surface area contributed by atoms with Crippen LogP contribution in [-0.2, 0) is 0 Å². The number of nitrogens with zero attached hydrogens (tertiary/aromatic N) is 5. The third kappa shape index (κ3) is 2.71. The fourth-order valence-corrected chi connectivity index (χ4v) is 1.91. The van der Waals surface area contributed by atoms with E-state index in [0.717, 1.165) is 0 Å². The Hall–Kier alpha value is -2.18. The number of hydrogen-bond acceptors (Lipinski definition) is 5. The Morgan fingerprint density at radius 3 is 2.60 bits per heavy atom. The second-order valence-electron chi connectivity index (χ2n) is 3.78. The molecule has 0 atom stereocenters. The van der Waals surface area contributed by atoms with Crippen molar-refractivity contribution in [3.05, 3.63) is 53.0 Å². The van der Waals surface area contributed by atoms with E-state index in [0.29, 0.717) is 22.6 Å². The molecule has 0 aliphatic rings. The minimum absolute atomic E-state index is 0.0695. The molecule has 2 heterocycles. The Labute approximate surface area is 124 Å². The van der Waals surface area contributed by atoms with Crippen molar-refractivity contribution in [2.75, 3.05) is 5.32 Å². The third-order valence-corrected chi connectivity index (χ3v) is 2.92. The lowest BCUT2D eigenvalue weighted by Gasteiger charge is -2.07. The Morgan fingerprint density at radius 1 is 1.00 bits per heavy atom. The van der Waals surface area contributed by atoms with E-state index in [1.807, 2.05) is 18.2 Å². The number of hydrogen-bond donors (Lipinski definition) is 1. The van der Waals surface area contributed by atoms with Crippen LogP contribution in [0.5, 0.6) is 0 Å². The van der Waals surface area contributed by atoms with Gasteiger partial charge in [0.05, 0.1) is 10.7 Å². The summed E-state index contributed by atoms with van der Waals surface area (Å²) >= 11 is 12.0. The minimum atomic E-state index is 0.0695. The lowest BCUT2D eigenvalue weighted by atomic mass is 10.3. The summed E-state index contributed by atoms with van der Waals surface area (Å²) < 4.78 is 1.49. The SMILES string of the molecule is Clc1nc(Nc2ccccc2Cl)nc(-n2cccn2)n1. The van der Waals surface area contributed by atoms with Crippen LogP contribution in [0, 0.1) is 0 Å². The summed E-state index contributed by atoms with van der Waals surface area (Å²) in [4.78, 5) is 12.3. The molecule has 0 saturated carbocycles. The van der Waals surface area contributed by atoms with Gasteiger partial charge >= 0.3 is 0 Å². The highest BCUT2D eigenvalue weighted by molar-refractivity contribution is 6.33. The summed E-state index contributed by atoms with van der Waals surface area (Å²) in [6.45, 7) is 0. The fraction of sp³-hybridized carbons (Fsp3) is 0. The van der Waals surface area contributed by atoms with Crippen LogP contribution >= 0.6 is 23.2 Å². The number of nitrogens with one attached hydrogen (secondary N) is 1. The molecule has 8 heteroatoms. The maximum atomic E-state index is 6.07. The predicted molar refractivity (Wildman–Crippen MR) is 76.7 cm³/mol. The number of anilines is 2. The monoisotopic (exact) mass is 306 g/mol. The molecule has 6 nitrogen and oxygen atoms in total. The summed E-state index contributed by atoms with van der Waals surface area (Å²) in [5, 5.41) is 7.67. The molecule has 3 aromatic rings. The zero-order chi connectivity index (χ0) is 13.9. The van der Waals surface area contributed by atoms with Gasteiger partial charge in [0.1, 0.15) is 0 Å². The van der Waals surface area contributed by atoms with Gasteiger partial charge in [-0.05, 0) is 29.8 Å². The zero-order valence-corrected chi connectivity index (χ0v) is 11.5. The molecule has 0 bridgehead atoms. The molecule has 0 fully saturated rings. The molecule has 0 unspecified atom stereocenters. The van der Waals surface area contributed by atoms with Gasteiger partial charge in [0.15, 0.2) is 0 Å². The van der Waals surface area contributed by atoms with Crippen LogP contribution in [0.3, 0.4) is 0 Å². The lowest BCUT2D eigenvalue weighted by molar-refractivity contribution is 0.798. The van der Waals surface area contributed by atoms with Crippen molar-refractivity contribution < 1.29 is 0 Å². The number of benzene rings is 1. The summed E-state index contributed by atoms with van der Waals surface area (Å²) in [5.41, 5.74) is 0.683. The maximum absolute atomic E-state index is 6.07. The second kappa shape index (κ2) is 5.44. The van der Waals surface area contributed by atoms with Crippen molar-refractivity contribution in [1.82, 2.24) is 24.7 Å². The molecule has 100 valence electrons. The van der Waals surface area contributed by atoms with E-state index in [-0.39, 0.29) is 5.28 Å². The normalized spacial score (nSPS) is 10.5. The van der Waals surface area contributed by atoms with Gasteiger partial charge in [0.2, 0.25) is 11.2 Å². The summed E-state index contributed by atoms with van der Waals surface area (Å²) in [6, 6.07) is 9.03. The first-order valence-corrected chi connectivity index (χ1v) is 6.41. The summed E-state index contributed by atoms with van der Waals surface area (Å²) in [5.74, 6) is 0.619. The summed E-state index contributed by atoms with van der Waals surface area (Å²) in [6.07, 6.45) is 3.34. The van der Waals surface area contributed by atoms with Crippen LogP contribution in [0.2, 0.25) is 10.3 Å². The van der Waals surface area contributed by atoms with Crippen LogP contribution in [0.4, 0.5) is 11.6 Å². The average molecular weight is 307 g/mol. The van der Waals surface area contributed by atoms with Gasteiger partial charge in [-0.3, -0.25) is 0 Å². The standard InChI is InChI=1S/C12H8Cl2N6/c13-8-4-1-2-5-9(8)16-11-17-10(14)18-12(19-11)20-7-3-6-15-20/h1-7H,(H,16,17,18,19). The van der Waals surface area contributed by atoms with Gasteiger partial charge in [-0.1, -0.05) is 23.7 Å². The molecule has 0 saturated heterocycles. The molecular weight excluding hydrogens is 299 g/mol. The molecule has 1 N–H and O–H groups in total. The van der Waals surface area contributed by atoms with Crippen LogP contribution in [0.25, 0.3) is 5.95 Å². The van der Waals surface area contributed by atoms with E-state index in [2.05, 4.69) is 25.4 Å². The molecule has 2 aromatic heterocycles. The minimum Gasteiger partial charge on any atom is -0.323 e. The molecule has 0 amide bonds. The van der Waals surface area contributed by atoms with Crippen molar-refractivity contribution in [3.63, 3.8) is 0 Å². The Bertz CT molecular complexity index is 729. The van der Waals surface area contributed by atoms with Gasteiger partial charge in [0, 0.05) is 12.4 Å². The molecule has 3 rings (SSSR count). The van der Waals surface area contributed by atoms with Gasteiger partial charge < -0.3 is 5.32 Å². The largest absolute Gasteiger partial charge is 0.323 e. The average Bonchev–Trinajstić information content (AvgIpc) is 2.95. The zero-order valence-electron chi connectivity index (χ0n) is 10.0. The lowest BCUT2D eigenvalue weighted by Crippen LogP contribution is -2.07. The number of rotatable bonds is 3. The molecule has 0 spiro atoms. The van der Waals surface area contributed by atoms with Crippen molar-refractivity contribution in [2.45, 2.75) is 0 Å². The van der Waals surface area contributed by atoms with Crippen molar-refractivity contribution in [1.29, 1.82) is 0 Å². The van der Waals surface area contributed by atoms with Gasteiger partial charge in [-0.2, -0.15) is 20.1 Å². The molecule has 0 aliphatic heterocycles. The number of para-hydroxylation sites is 1. The molecule has 20 heavy (non-hydrogen) atoms. The maximum Gasteiger partial charge on any atom is 0.256 e. The first kappa shape index (κ1) is 12.8. The smallest absolute Gasteiger partial charge is 0.256 e. The molecular formula is C12H8Cl2N6. The van der Waals surface area contributed by atoms with Crippen LogP contribution in [0.1, 0.15) is 0 Å². The van der Waals surface area contributed by atoms with Gasteiger partial charge in [0.25, 0.3) is 5.95 Å². The van der Waals surface area contributed by atoms with Crippen LogP contribution in [-0.4, -0.2) is 24.7 Å². The molecule has 0 radical (unpaired) electrons. The Balaban J connectivity index is 1.97. The van der Waals surface area contributed by atoms with Crippen molar-refractivity contribution in [3.8, 4) is 5.95 Å². The van der Waals surface area contributed by atoms with Crippen LogP contribution in [0.15, 0.2) is 42.7 Å². The highest BCUT2D eigenvalue weighted by Gasteiger charge is 2.08. The first-order valence-electron chi connectivity index (χ1n) is 5.65. The topological polar surface area (TPSA) is 68.5 Å². The van der Waals surface area contributed by atoms with Gasteiger partial charge in [-0.25, -0.2) is 4.68 Å². The first-order chi connectivity index (χ1) is 9.72. The van der Waals surface area contributed by atoms with E-state index >= 15 is 0 Å². The third-order valence-electron chi connectivity index (χ3n) is 2.43. The Morgan fingerprint density at radius 2 is 1.85 bits per heavy atom. The number of halogens is 2. The van der Waals surface area contributed by atoms with Crippen molar-refractivity contribution in [2.24, 2.45) is 0 Å². The highest BCUT2D eigenvalue weighted by atomic mass is 35.5. The van der Waals surface area contributed by atoms with E-state index < -0.39 is 0 Å². The fourth-order valence-electron chi connectivity index (χ4n) is 1.57. The number of aromatic nitrogens is 5. The predicted octanol–water partition coefficient (Wildman–Crippen LogP) is 3.11. The van der Waals surface area contributed by atoms with Crippen molar-refractivity contribution >= 4 is 34.8 Å². The molecule has 0 aliphatic carbocycles. The van der Waals surface area contributed by atoms with Gasteiger partial charge in [-0.15, -0.1) is 0 Å². The summed E-state index contributed by atoms with van der Waals surface area (Å²) in [7, 11) is 0. The van der Waals surface area contributed by atoms with E-state index in [4.69, 9.17) is 23.2 Å². The Kier molecular flexibility index (Phi) is 3.49. The van der Waals surface area contributed by atoms with E-state index in [9.17, 15) is 0 Å². The van der Waals surface area contributed by atoms with E-state index in [1.165, 1.54) is 4.68 Å². The van der Waals surface area contributed by atoms with Crippen LogP contribution < -0.4 is 5.32 Å². The van der Waals surface area contributed by atoms with E-state index in [1.54, 1.807) is 24.5 Å². The second-order valence-corrected chi connectivity index (χ2v) is 4.53. The quantitative estimate of drug-likeness (QED) is 0.805.